The first-order chi connectivity index (χ1) is 8.50. The van der Waals surface area contributed by atoms with Gasteiger partial charge >= 0.3 is 7.60 Å². The van der Waals surface area contributed by atoms with Gasteiger partial charge in [-0.2, -0.15) is 0 Å². The largest absolute Gasteiger partial charge is 0.497 e. The fourth-order valence-corrected chi connectivity index (χ4v) is 2.26. The molecule has 0 saturated carbocycles. The zero-order valence-corrected chi connectivity index (χ0v) is 11.5. The van der Waals surface area contributed by atoms with E-state index in [1.807, 2.05) is 0 Å². The normalized spacial score (nSPS) is 11.1. The van der Waals surface area contributed by atoms with Gasteiger partial charge in [0.1, 0.15) is 11.5 Å². The number of hydrogen-bond acceptors (Lipinski definition) is 6. The molecule has 100 valence electrons. The molecule has 1 rings (SSSR count). The van der Waals surface area contributed by atoms with Crippen molar-refractivity contribution in [2.24, 2.45) is 0 Å². The van der Waals surface area contributed by atoms with Crippen LogP contribution in [0.3, 0.4) is 0 Å². The number of hydrogen-bond donors (Lipinski definition) is 0. The van der Waals surface area contributed by atoms with Gasteiger partial charge in [0.15, 0.2) is 0 Å². The summed E-state index contributed by atoms with van der Waals surface area (Å²) in [6.07, 6.45) is 0. The van der Waals surface area contributed by atoms with E-state index in [4.69, 9.17) is 9.47 Å². The first-order valence-electron chi connectivity index (χ1n) is 5.00. The SMILES string of the molecule is COc1cc(OC)cc(C(=O)P(=O)(OC)OC)c1. The molecule has 0 unspecified atom stereocenters. The predicted octanol–water partition coefficient (Wildman–Crippen LogP) is 2.33. The molecular formula is C11H15O6P. The summed E-state index contributed by atoms with van der Waals surface area (Å²) in [7, 11) is 1.41. The lowest BCUT2D eigenvalue weighted by Crippen LogP contribution is -2.05. The Balaban J connectivity index is 3.24. The molecule has 18 heavy (non-hydrogen) atoms. The van der Waals surface area contributed by atoms with Crippen LogP contribution in [-0.4, -0.2) is 34.0 Å². The first kappa shape index (κ1) is 14.7. The average molecular weight is 274 g/mol. The summed E-state index contributed by atoms with van der Waals surface area (Å²) in [4.78, 5) is 12.0. The van der Waals surface area contributed by atoms with Gasteiger partial charge in [0.25, 0.3) is 5.52 Å². The van der Waals surface area contributed by atoms with Crippen LogP contribution in [-0.2, 0) is 13.6 Å². The van der Waals surface area contributed by atoms with E-state index in [2.05, 4.69) is 9.05 Å². The van der Waals surface area contributed by atoms with Crippen molar-refractivity contribution in [3.05, 3.63) is 23.8 Å². The molecule has 0 radical (unpaired) electrons. The molecule has 0 heterocycles. The highest BCUT2D eigenvalue weighted by molar-refractivity contribution is 7.72. The molecule has 0 fully saturated rings. The molecule has 0 aliphatic carbocycles. The third kappa shape index (κ3) is 2.90. The Morgan fingerprint density at radius 3 is 1.72 bits per heavy atom. The van der Waals surface area contributed by atoms with E-state index >= 15 is 0 Å². The molecule has 1 aromatic carbocycles. The molecule has 0 bridgehead atoms. The van der Waals surface area contributed by atoms with E-state index in [-0.39, 0.29) is 5.56 Å². The third-order valence-corrected chi connectivity index (χ3v) is 4.04. The number of methoxy groups -OCH3 is 2. The van der Waals surface area contributed by atoms with Crippen LogP contribution in [0, 0.1) is 0 Å². The zero-order chi connectivity index (χ0) is 13.8. The van der Waals surface area contributed by atoms with Gasteiger partial charge in [-0.1, -0.05) is 0 Å². The second-order valence-electron chi connectivity index (χ2n) is 3.27. The Bertz CT molecular complexity index is 454. The predicted molar refractivity (Wildman–Crippen MR) is 65.5 cm³/mol. The van der Waals surface area contributed by atoms with E-state index in [0.29, 0.717) is 11.5 Å². The minimum atomic E-state index is -3.80. The van der Waals surface area contributed by atoms with Crippen LogP contribution < -0.4 is 9.47 Å². The van der Waals surface area contributed by atoms with Crippen molar-refractivity contribution >= 4 is 13.1 Å². The van der Waals surface area contributed by atoms with Gasteiger partial charge < -0.3 is 18.5 Å². The van der Waals surface area contributed by atoms with Gasteiger partial charge in [-0.05, 0) is 12.1 Å². The minimum Gasteiger partial charge on any atom is -0.497 e. The summed E-state index contributed by atoms with van der Waals surface area (Å²) in [5.74, 6) is 0.827. The molecule has 1 aromatic rings. The summed E-state index contributed by atoms with van der Waals surface area (Å²) >= 11 is 0. The maximum absolute atomic E-state index is 12.0. The van der Waals surface area contributed by atoms with Crippen LogP contribution in [0.25, 0.3) is 0 Å². The highest BCUT2D eigenvalue weighted by atomic mass is 31.2. The Morgan fingerprint density at radius 2 is 1.39 bits per heavy atom. The molecule has 0 atom stereocenters. The standard InChI is InChI=1S/C11H15O6P/c1-14-9-5-8(6-10(7-9)15-2)11(12)18(13,16-3)17-4/h5-7H,1-4H3. The Labute approximate surface area is 105 Å². The second kappa shape index (κ2) is 6.00. The summed E-state index contributed by atoms with van der Waals surface area (Å²) in [6.45, 7) is 0. The van der Waals surface area contributed by atoms with E-state index < -0.39 is 13.1 Å². The fraction of sp³-hybridized carbons (Fsp3) is 0.364. The van der Waals surface area contributed by atoms with Crippen LogP contribution in [0.5, 0.6) is 11.5 Å². The van der Waals surface area contributed by atoms with Crippen molar-refractivity contribution in [2.75, 3.05) is 28.4 Å². The third-order valence-electron chi connectivity index (χ3n) is 2.33. The van der Waals surface area contributed by atoms with Gasteiger partial charge in [0, 0.05) is 25.8 Å². The van der Waals surface area contributed by atoms with Crippen molar-refractivity contribution in [3.8, 4) is 11.5 Å². The van der Waals surface area contributed by atoms with Crippen LogP contribution in [0.2, 0.25) is 0 Å². The number of ether oxygens (including phenoxy) is 2. The van der Waals surface area contributed by atoms with Gasteiger partial charge in [0.2, 0.25) is 0 Å². The van der Waals surface area contributed by atoms with Crippen molar-refractivity contribution < 1.29 is 27.9 Å². The highest BCUT2D eigenvalue weighted by Gasteiger charge is 2.34. The van der Waals surface area contributed by atoms with Crippen molar-refractivity contribution in [2.45, 2.75) is 0 Å². The summed E-state index contributed by atoms with van der Waals surface area (Å²) in [6, 6.07) is 4.48. The van der Waals surface area contributed by atoms with Crippen molar-refractivity contribution in [1.29, 1.82) is 0 Å². The Morgan fingerprint density at radius 1 is 0.944 bits per heavy atom. The number of rotatable bonds is 6. The lowest BCUT2D eigenvalue weighted by Gasteiger charge is -2.13. The van der Waals surface area contributed by atoms with Crippen molar-refractivity contribution in [3.63, 3.8) is 0 Å². The Hall–Kier alpha value is -1.36. The first-order valence-corrected chi connectivity index (χ1v) is 6.54. The molecule has 0 aromatic heterocycles. The van der Waals surface area contributed by atoms with Gasteiger partial charge in [-0.15, -0.1) is 0 Å². The maximum atomic E-state index is 12.0. The van der Waals surface area contributed by atoms with E-state index in [0.717, 1.165) is 14.2 Å². The molecule has 0 N–H and O–H groups in total. The number of benzene rings is 1. The molecular weight excluding hydrogens is 259 g/mol. The molecule has 0 saturated heterocycles. The minimum absolute atomic E-state index is 0.137. The fourth-order valence-electron chi connectivity index (χ4n) is 1.33. The maximum Gasteiger partial charge on any atom is 0.401 e. The van der Waals surface area contributed by atoms with Gasteiger partial charge in [-0.3, -0.25) is 9.36 Å². The molecule has 0 amide bonds. The Kier molecular flexibility index (Phi) is 4.90. The van der Waals surface area contributed by atoms with Crippen molar-refractivity contribution in [1.82, 2.24) is 0 Å². The zero-order valence-electron chi connectivity index (χ0n) is 10.6. The summed E-state index contributed by atoms with van der Waals surface area (Å²) in [5, 5.41) is 0. The smallest absolute Gasteiger partial charge is 0.401 e. The van der Waals surface area contributed by atoms with Crippen LogP contribution in [0.1, 0.15) is 10.4 Å². The molecule has 6 nitrogen and oxygen atoms in total. The number of carbonyl (C=O) groups is 1. The molecule has 0 aliphatic heterocycles. The monoisotopic (exact) mass is 274 g/mol. The molecule has 0 spiro atoms. The summed E-state index contributed by atoms with van der Waals surface area (Å²) in [5.41, 5.74) is -0.608. The number of carbonyl (C=O) groups excluding carboxylic acids is 1. The average Bonchev–Trinajstić information content (AvgIpc) is 2.44. The second-order valence-corrected chi connectivity index (χ2v) is 5.40. The van der Waals surface area contributed by atoms with E-state index in [1.165, 1.54) is 26.4 Å². The van der Waals surface area contributed by atoms with Crippen LogP contribution >= 0.6 is 7.60 Å². The lowest BCUT2D eigenvalue weighted by atomic mass is 10.2. The summed E-state index contributed by atoms with van der Waals surface area (Å²) < 4.78 is 31.3. The van der Waals surface area contributed by atoms with E-state index in [9.17, 15) is 9.36 Å². The van der Waals surface area contributed by atoms with Gasteiger partial charge in [-0.25, -0.2) is 0 Å². The quantitative estimate of drug-likeness (QED) is 0.741. The van der Waals surface area contributed by atoms with E-state index in [1.54, 1.807) is 6.07 Å². The molecule has 7 heteroatoms. The topological polar surface area (TPSA) is 71.1 Å². The van der Waals surface area contributed by atoms with Crippen LogP contribution in [0.15, 0.2) is 18.2 Å². The van der Waals surface area contributed by atoms with Crippen LogP contribution in [0.4, 0.5) is 0 Å². The molecule has 0 aliphatic rings. The van der Waals surface area contributed by atoms with Gasteiger partial charge in [0.05, 0.1) is 14.2 Å². The lowest BCUT2D eigenvalue weighted by molar-refractivity contribution is 0.102. The highest BCUT2D eigenvalue weighted by Crippen LogP contribution is 2.50.